The highest BCUT2D eigenvalue weighted by atomic mass is 19.1. The lowest BCUT2D eigenvalue weighted by molar-refractivity contribution is 0.0994. The highest BCUT2D eigenvalue weighted by Crippen LogP contribution is 2.40. The zero-order valence-electron chi connectivity index (χ0n) is 14.4. The van der Waals surface area contributed by atoms with Gasteiger partial charge in [0.15, 0.2) is 23.1 Å². The third kappa shape index (κ3) is 2.74. The molecule has 7 nitrogen and oxygen atoms in total. The Balaban J connectivity index is 1.55. The van der Waals surface area contributed by atoms with E-state index in [1.807, 2.05) is 0 Å². The molecule has 140 valence electrons. The summed E-state index contributed by atoms with van der Waals surface area (Å²) in [5.41, 5.74) is 0.0766. The van der Waals surface area contributed by atoms with Gasteiger partial charge in [0, 0.05) is 37.3 Å². The Morgan fingerprint density at radius 1 is 1.26 bits per heavy atom. The number of aromatic amines is 1. The molecule has 2 aliphatic rings. The summed E-state index contributed by atoms with van der Waals surface area (Å²) in [6.07, 6.45) is 3.06. The maximum atomic E-state index is 14.5. The van der Waals surface area contributed by atoms with Crippen molar-refractivity contribution in [2.24, 2.45) is 0 Å². The minimum atomic E-state index is -0.766. The molecule has 2 fully saturated rings. The normalized spacial score (nSPS) is 21.6. The van der Waals surface area contributed by atoms with E-state index in [4.69, 9.17) is 0 Å². The Bertz CT molecular complexity index is 1020. The summed E-state index contributed by atoms with van der Waals surface area (Å²) >= 11 is 0. The second kappa shape index (κ2) is 5.93. The molecule has 3 N–H and O–H groups in total. The van der Waals surface area contributed by atoms with Crippen LogP contribution in [0.15, 0.2) is 24.4 Å². The van der Waals surface area contributed by atoms with E-state index < -0.39 is 17.2 Å². The van der Waals surface area contributed by atoms with Gasteiger partial charge >= 0.3 is 0 Å². The number of piperazine rings is 1. The molecule has 1 unspecified atom stereocenters. The summed E-state index contributed by atoms with van der Waals surface area (Å²) in [5.74, 6) is -1.41. The number of nitrogens with zero attached hydrogens (tertiary/aromatic N) is 4. The van der Waals surface area contributed by atoms with E-state index in [2.05, 4.69) is 25.5 Å². The van der Waals surface area contributed by atoms with Gasteiger partial charge < -0.3 is 15.3 Å². The van der Waals surface area contributed by atoms with Gasteiger partial charge in [-0.25, -0.2) is 18.7 Å². The second-order valence-corrected chi connectivity index (χ2v) is 7.15. The molecule has 0 amide bonds. The van der Waals surface area contributed by atoms with Gasteiger partial charge in [0.2, 0.25) is 0 Å². The van der Waals surface area contributed by atoms with Crippen molar-refractivity contribution in [3.05, 3.63) is 36.0 Å². The number of pyridine rings is 2. The standard InChI is InChI=1S/C18H18F2N6O/c19-11-8-12(20)17(26-7-6-21-13(9-26)18(27)3-4-18)23-15(11)14-10-2-1-5-22-16(10)25-24-14/h1-2,5,8,13,21,27H,3-4,6-7,9H2,(H,22,24,25). The Kier molecular flexibility index (Phi) is 3.63. The molecule has 1 saturated heterocycles. The molecule has 1 saturated carbocycles. The van der Waals surface area contributed by atoms with Crippen molar-refractivity contribution >= 4 is 16.9 Å². The fourth-order valence-corrected chi connectivity index (χ4v) is 3.66. The highest BCUT2D eigenvalue weighted by molar-refractivity contribution is 5.89. The lowest BCUT2D eigenvalue weighted by Gasteiger charge is -2.37. The van der Waals surface area contributed by atoms with E-state index in [0.29, 0.717) is 36.4 Å². The minimum absolute atomic E-state index is 0.00196. The first-order valence-electron chi connectivity index (χ1n) is 8.91. The number of hydrogen-bond donors (Lipinski definition) is 3. The molecule has 1 aliphatic carbocycles. The predicted molar refractivity (Wildman–Crippen MR) is 95.2 cm³/mol. The van der Waals surface area contributed by atoms with Crippen LogP contribution < -0.4 is 10.2 Å². The van der Waals surface area contributed by atoms with E-state index >= 15 is 0 Å². The molecule has 5 rings (SSSR count). The van der Waals surface area contributed by atoms with E-state index in [-0.39, 0.29) is 17.6 Å². The highest BCUT2D eigenvalue weighted by Gasteiger charge is 2.49. The van der Waals surface area contributed by atoms with Crippen LogP contribution in [0.5, 0.6) is 0 Å². The second-order valence-electron chi connectivity index (χ2n) is 7.15. The van der Waals surface area contributed by atoms with Crippen LogP contribution in [-0.2, 0) is 0 Å². The van der Waals surface area contributed by atoms with Crippen molar-refractivity contribution in [3.8, 4) is 11.4 Å². The minimum Gasteiger partial charge on any atom is -0.388 e. The maximum Gasteiger partial charge on any atom is 0.181 e. The van der Waals surface area contributed by atoms with Crippen LogP contribution in [0.3, 0.4) is 0 Å². The average molecular weight is 372 g/mol. The molecule has 3 aromatic heterocycles. The molecule has 3 aromatic rings. The number of halogens is 2. The van der Waals surface area contributed by atoms with Crippen molar-refractivity contribution in [2.45, 2.75) is 24.5 Å². The third-order valence-corrected chi connectivity index (χ3v) is 5.36. The molecule has 1 aliphatic heterocycles. The van der Waals surface area contributed by atoms with E-state index in [1.54, 1.807) is 23.2 Å². The largest absolute Gasteiger partial charge is 0.388 e. The first-order valence-corrected chi connectivity index (χ1v) is 8.91. The zero-order chi connectivity index (χ0) is 18.6. The van der Waals surface area contributed by atoms with Gasteiger partial charge in [0.05, 0.1) is 17.3 Å². The lowest BCUT2D eigenvalue weighted by Crippen LogP contribution is -2.57. The summed E-state index contributed by atoms with van der Waals surface area (Å²) in [6.45, 7) is 1.53. The van der Waals surface area contributed by atoms with Crippen LogP contribution in [0.2, 0.25) is 0 Å². The number of rotatable bonds is 3. The molecular weight excluding hydrogens is 354 g/mol. The molecule has 27 heavy (non-hydrogen) atoms. The van der Waals surface area contributed by atoms with Crippen molar-refractivity contribution in [2.75, 3.05) is 24.5 Å². The Labute approximate surface area is 153 Å². The maximum absolute atomic E-state index is 14.5. The molecular formula is C18H18F2N6O. The third-order valence-electron chi connectivity index (χ3n) is 5.36. The SMILES string of the molecule is OC1(C2CN(c3nc(-c4[nH]nc5ncccc45)c(F)cc3F)CCN2)CC1. The van der Waals surface area contributed by atoms with Crippen LogP contribution in [-0.4, -0.2) is 56.5 Å². The van der Waals surface area contributed by atoms with Crippen molar-refractivity contribution in [3.63, 3.8) is 0 Å². The molecule has 9 heteroatoms. The number of H-pyrrole nitrogens is 1. The number of hydrogen-bond acceptors (Lipinski definition) is 6. The summed E-state index contributed by atoms with van der Waals surface area (Å²) in [5, 5.41) is 21.1. The number of fused-ring (bicyclic) bond motifs is 1. The molecule has 0 aromatic carbocycles. The topological polar surface area (TPSA) is 90.0 Å². The number of nitrogens with one attached hydrogen (secondary N) is 2. The summed E-state index contributed by atoms with van der Waals surface area (Å²) in [7, 11) is 0. The molecule has 1 atom stereocenters. The van der Waals surface area contributed by atoms with Crippen molar-refractivity contribution in [1.29, 1.82) is 0 Å². The van der Waals surface area contributed by atoms with Gasteiger partial charge in [-0.3, -0.25) is 5.10 Å². The van der Waals surface area contributed by atoms with Crippen LogP contribution in [0.1, 0.15) is 12.8 Å². The number of anilines is 1. The Morgan fingerprint density at radius 3 is 2.93 bits per heavy atom. The van der Waals surface area contributed by atoms with E-state index in [0.717, 1.165) is 18.9 Å². The van der Waals surface area contributed by atoms with Crippen LogP contribution in [0.4, 0.5) is 14.6 Å². The fourth-order valence-electron chi connectivity index (χ4n) is 3.66. The first-order chi connectivity index (χ1) is 13.0. The molecule has 0 radical (unpaired) electrons. The summed E-state index contributed by atoms with van der Waals surface area (Å²) in [4.78, 5) is 10.2. The molecule has 0 bridgehead atoms. The van der Waals surface area contributed by atoms with Gasteiger partial charge in [-0.2, -0.15) is 5.10 Å². The van der Waals surface area contributed by atoms with Crippen LogP contribution in [0.25, 0.3) is 22.4 Å². The smallest absolute Gasteiger partial charge is 0.181 e. The van der Waals surface area contributed by atoms with Crippen molar-refractivity contribution < 1.29 is 13.9 Å². The fraction of sp³-hybridized carbons (Fsp3) is 0.389. The van der Waals surface area contributed by atoms with E-state index in [9.17, 15) is 13.9 Å². The van der Waals surface area contributed by atoms with Crippen molar-refractivity contribution in [1.82, 2.24) is 25.5 Å². The van der Waals surface area contributed by atoms with Gasteiger partial charge in [-0.1, -0.05) is 0 Å². The molecule has 0 spiro atoms. The first kappa shape index (κ1) is 16.5. The average Bonchev–Trinajstić information content (AvgIpc) is 3.29. The number of aliphatic hydroxyl groups is 1. The van der Waals surface area contributed by atoms with Gasteiger partial charge in [0.1, 0.15) is 5.69 Å². The number of aromatic nitrogens is 4. The quantitative estimate of drug-likeness (QED) is 0.647. The Morgan fingerprint density at radius 2 is 2.11 bits per heavy atom. The monoisotopic (exact) mass is 372 g/mol. The van der Waals surface area contributed by atoms with Crippen LogP contribution >= 0.6 is 0 Å². The van der Waals surface area contributed by atoms with Crippen LogP contribution in [0, 0.1) is 11.6 Å². The summed E-state index contributed by atoms with van der Waals surface area (Å²) in [6, 6.07) is 4.18. The van der Waals surface area contributed by atoms with Gasteiger partial charge in [0.25, 0.3) is 0 Å². The van der Waals surface area contributed by atoms with Gasteiger partial charge in [-0.15, -0.1) is 0 Å². The van der Waals surface area contributed by atoms with E-state index in [1.165, 1.54) is 0 Å². The Hall–Kier alpha value is -2.65. The predicted octanol–water partition coefficient (Wildman–Crippen LogP) is 1.60. The summed E-state index contributed by atoms with van der Waals surface area (Å²) < 4.78 is 29.1. The van der Waals surface area contributed by atoms with Gasteiger partial charge in [-0.05, 0) is 25.0 Å². The lowest BCUT2D eigenvalue weighted by atomic mass is 10.1. The molecule has 4 heterocycles. The zero-order valence-corrected chi connectivity index (χ0v) is 14.4.